The van der Waals surface area contributed by atoms with Crippen molar-refractivity contribution >= 4 is 32.7 Å². The molecule has 0 spiro atoms. The highest BCUT2D eigenvalue weighted by Crippen LogP contribution is 2.18. The van der Waals surface area contributed by atoms with Crippen LogP contribution in [0.15, 0.2) is 28.8 Å². The van der Waals surface area contributed by atoms with E-state index >= 15 is 0 Å². The SMILES string of the molecule is C[C@H](OC(=O)Cc1noc2ccccc12)C(=O)N[C@H]1CCS(=O)(=O)C1. The molecule has 2 aromatic rings. The summed E-state index contributed by atoms with van der Waals surface area (Å²) < 4.78 is 33.0. The normalized spacial score (nSPS) is 20.3. The molecule has 0 radical (unpaired) electrons. The number of fused-ring (bicyclic) bond motifs is 1. The van der Waals surface area contributed by atoms with Gasteiger partial charge in [-0.05, 0) is 25.5 Å². The lowest BCUT2D eigenvalue weighted by Crippen LogP contribution is -2.42. The van der Waals surface area contributed by atoms with Crippen LogP contribution in [0.1, 0.15) is 19.0 Å². The second-order valence-corrected chi connectivity index (χ2v) is 8.27. The highest BCUT2D eigenvalue weighted by molar-refractivity contribution is 7.91. The molecule has 1 saturated heterocycles. The molecule has 0 aliphatic carbocycles. The minimum Gasteiger partial charge on any atom is -0.452 e. The van der Waals surface area contributed by atoms with E-state index in [4.69, 9.17) is 9.26 Å². The molecular formula is C16H18N2O6S. The molecule has 0 saturated carbocycles. The van der Waals surface area contributed by atoms with Crippen molar-refractivity contribution in [1.29, 1.82) is 0 Å². The average Bonchev–Trinajstić information content (AvgIpc) is 3.10. The van der Waals surface area contributed by atoms with Crippen molar-refractivity contribution in [2.45, 2.75) is 31.9 Å². The van der Waals surface area contributed by atoms with Crippen LogP contribution in [0.3, 0.4) is 0 Å². The third-order valence-corrected chi connectivity index (χ3v) is 5.79. The van der Waals surface area contributed by atoms with Crippen molar-refractivity contribution in [3.05, 3.63) is 30.0 Å². The summed E-state index contributed by atoms with van der Waals surface area (Å²) in [4.78, 5) is 24.1. The predicted octanol–water partition coefficient (Wildman–Crippen LogP) is 0.605. The van der Waals surface area contributed by atoms with Crippen molar-refractivity contribution in [2.75, 3.05) is 11.5 Å². The number of nitrogens with zero attached hydrogens (tertiary/aromatic N) is 1. The Morgan fingerprint density at radius 1 is 1.40 bits per heavy atom. The van der Waals surface area contributed by atoms with E-state index in [0.717, 1.165) is 0 Å². The number of aromatic nitrogens is 1. The molecule has 0 unspecified atom stereocenters. The molecule has 1 aliphatic rings. The summed E-state index contributed by atoms with van der Waals surface area (Å²) in [6, 6.07) is 6.69. The molecule has 2 atom stereocenters. The number of esters is 1. The number of sulfone groups is 1. The van der Waals surface area contributed by atoms with Gasteiger partial charge in [-0.25, -0.2) is 8.42 Å². The molecule has 0 bridgehead atoms. The van der Waals surface area contributed by atoms with Crippen LogP contribution in [-0.4, -0.2) is 49.1 Å². The summed E-state index contributed by atoms with van der Waals surface area (Å²) in [6.07, 6.45) is -0.763. The topological polar surface area (TPSA) is 116 Å². The number of para-hydroxylation sites is 1. The number of nitrogens with one attached hydrogen (secondary N) is 1. The van der Waals surface area contributed by atoms with Crippen LogP contribution in [0.25, 0.3) is 11.0 Å². The molecule has 1 aliphatic heterocycles. The minimum absolute atomic E-state index is 0.0609. The molecule has 134 valence electrons. The number of hydrogen-bond acceptors (Lipinski definition) is 7. The first-order valence-corrected chi connectivity index (χ1v) is 9.70. The van der Waals surface area contributed by atoms with Gasteiger partial charge in [-0.1, -0.05) is 17.3 Å². The smallest absolute Gasteiger partial charge is 0.312 e. The number of hydrogen-bond donors (Lipinski definition) is 1. The van der Waals surface area contributed by atoms with Gasteiger partial charge < -0.3 is 14.6 Å². The monoisotopic (exact) mass is 366 g/mol. The van der Waals surface area contributed by atoms with Gasteiger partial charge in [-0.15, -0.1) is 0 Å². The zero-order chi connectivity index (χ0) is 18.0. The lowest BCUT2D eigenvalue weighted by molar-refractivity contribution is -0.154. The summed E-state index contributed by atoms with van der Waals surface area (Å²) in [5, 5.41) is 7.16. The average molecular weight is 366 g/mol. The standard InChI is InChI=1S/C16H18N2O6S/c1-10(16(20)17-11-6-7-25(21,22)9-11)23-15(19)8-13-12-4-2-3-5-14(12)24-18-13/h2-5,10-11H,6-9H2,1H3,(H,17,20)/t10-,11-/m0/s1. The molecule has 8 nitrogen and oxygen atoms in total. The van der Waals surface area contributed by atoms with Gasteiger partial charge in [0.25, 0.3) is 5.91 Å². The van der Waals surface area contributed by atoms with Gasteiger partial charge in [-0.3, -0.25) is 9.59 Å². The largest absolute Gasteiger partial charge is 0.452 e. The number of benzene rings is 1. The molecule has 1 fully saturated rings. The van der Waals surface area contributed by atoms with Crippen molar-refractivity contribution in [2.24, 2.45) is 0 Å². The molecule has 1 amide bonds. The third-order valence-electron chi connectivity index (χ3n) is 4.02. The van der Waals surface area contributed by atoms with Crippen molar-refractivity contribution in [3.63, 3.8) is 0 Å². The quantitative estimate of drug-likeness (QED) is 0.771. The zero-order valence-electron chi connectivity index (χ0n) is 13.6. The fourth-order valence-corrected chi connectivity index (χ4v) is 4.40. The van der Waals surface area contributed by atoms with Gasteiger partial charge in [0.15, 0.2) is 21.5 Å². The number of amides is 1. The molecule has 2 heterocycles. The van der Waals surface area contributed by atoms with Crippen LogP contribution in [0.2, 0.25) is 0 Å². The lowest BCUT2D eigenvalue weighted by Gasteiger charge is -2.16. The molecule has 25 heavy (non-hydrogen) atoms. The Kier molecular flexibility index (Phi) is 4.76. The van der Waals surface area contributed by atoms with E-state index in [0.29, 0.717) is 23.1 Å². The van der Waals surface area contributed by atoms with E-state index in [1.165, 1.54) is 6.92 Å². The lowest BCUT2D eigenvalue weighted by atomic mass is 10.2. The Morgan fingerprint density at radius 3 is 2.88 bits per heavy atom. The first kappa shape index (κ1) is 17.4. The van der Waals surface area contributed by atoms with Crippen molar-refractivity contribution < 1.29 is 27.3 Å². The second-order valence-electron chi connectivity index (χ2n) is 6.04. The zero-order valence-corrected chi connectivity index (χ0v) is 14.4. The minimum atomic E-state index is -3.09. The molecule has 9 heteroatoms. The summed E-state index contributed by atoms with van der Waals surface area (Å²) in [5.41, 5.74) is 1.01. The summed E-state index contributed by atoms with van der Waals surface area (Å²) in [7, 11) is -3.09. The van der Waals surface area contributed by atoms with Crippen LogP contribution >= 0.6 is 0 Å². The number of rotatable bonds is 5. The van der Waals surface area contributed by atoms with Gasteiger partial charge >= 0.3 is 5.97 Å². The van der Waals surface area contributed by atoms with E-state index in [9.17, 15) is 18.0 Å². The number of carbonyl (C=O) groups is 2. The third kappa shape index (κ3) is 4.16. The maximum absolute atomic E-state index is 12.0. The van der Waals surface area contributed by atoms with E-state index < -0.39 is 33.9 Å². The van der Waals surface area contributed by atoms with E-state index in [-0.39, 0.29) is 17.9 Å². The van der Waals surface area contributed by atoms with E-state index in [1.54, 1.807) is 24.3 Å². The highest BCUT2D eigenvalue weighted by Gasteiger charge is 2.30. The van der Waals surface area contributed by atoms with E-state index in [2.05, 4.69) is 10.5 Å². The maximum atomic E-state index is 12.0. The Balaban J connectivity index is 1.54. The Hall–Kier alpha value is -2.42. The van der Waals surface area contributed by atoms with Gasteiger partial charge in [0, 0.05) is 11.4 Å². The molecule has 1 N–H and O–H groups in total. The summed E-state index contributed by atoms with van der Waals surface area (Å²) in [6.45, 7) is 1.44. The highest BCUT2D eigenvalue weighted by atomic mass is 32.2. The first-order valence-electron chi connectivity index (χ1n) is 7.87. The number of carbonyl (C=O) groups excluding carboxylic acids is 2. The van der Waals surface area contributed by atoms with Gasteiger partial charge in [0.2, 0.25) is 0 Å². The summed E-state index contributed by atoms with van der Waals surface area (Å²) in [5.74, 6) is -1.14. The first-order chi connectivity index (χ1) is 11.8. The Bertz CT molecular complexity index is 904. The predicted molar refractivity (Wildman–Crippen MR) is 88.5 cm³/mol. The molecule has 1 aromatic heterocycles. The van der Waals surface area contributed by atoms with Gasteiger partial charge in [0.05, 0.1) is 17.9 Å². The van der Waals surface area contributed by atoms with Crippen molar-refractivity contribution in [1.82, 2.24) is 10.5 Å². The fourth-order valence-electron chi connectivity index (χ4n) is 2.72. The van der Waals surface area contributed by atoms with Crippen molar-refractivity contribution in [3.8, 4) is 0 Å². The van der Waals surface area contributed by atoms with Crippen LogP contribution in [0, 0.1) is 0 Å². The Morgan fingerprint density at radius 2 is 2.16 bits per heavy atom. The van der Waals surface area contributed by atoms with Crippen LogP contribution in [0.4, 0.5) is 0 Å². The van der Waals surface area contributed by atoms with Crippen LogP contribution in [-0.2, 0) is 30.6 Å². The second kappa shape index (κ2) is 6.83. The fraction of sp³-hybridized carbons (Fsp3) is 0.438. The van der Waals surface area contributed by atoms with Crippen LogP contribution in [0.5, 0.6) is 0 Å². The number of ether oxygens (including phenoxy) is 1. The Labute approximate surface area is 144 Å². The molecule has 1 aromatic carbocycles. The molecular weight excluding hydrogens is 348 g/mol. The maximum Gasteiger partial charge on any atom is 0.312 e. The van der Waals surface area contributed by atoms with Gasteiger partial charge in [-0.2, -0.15) is 0 Å². The summed E-state index contributed by atoms with van der Waals surface area (Å²) >= 11 is 0. The molecule has 3 rings (SSSR count). The van der Waals surface area contributed by atoms with Crippen LogP contribution < -0.4 is 5.32 Å². The van der Waals surface area contributed by atoms with E-state index in [1.807, 2.05) is 0 Å². The van der Waals surface area contributed by atoms with Gasteiger partial charge in [0.1, 0.15) is 5.69 Å².